The van der Waals surface area contributed by atoms with E-state index in [-0.39, 0.29) is 0 Å². The summed E-state index contributed by atoms with van der Waals surface area (Å²) in [6.45, 7) is 2.02. The largest absolute Gasteiger partial charge is 0.507 e. The van der Waals surface area contributed by atoms with Crippen LogP contribution in [0.4, 0.5) is 5.69 Å². The zero-order valence-corrected chi connectivity index (χ0v) is 11.2. The third-order valence-electron chi connectivity index (χ3n) is 3.31. The number of nitrogens with zero attached hydrogens (tertiary/aromatic N) is 2. The van der Waals surface area contributed by atoms with Crippen LogP contribution in [-0.4, -0.2) is 21.5 Å². The molecule has 2 aromatic carbocycles. The van der Waals surface area contributed by atoms with Crippen LogP contribution in [0.1, 0.15) is 18.1 Å². The monoisotopic (exact) mass is 265 g/mol. The third-order valence-corrected chi connectivity index (χ3v) is 3.31. The van der Waals surface area contributed by atoms with Crippen LogP contribution in [0, 0.1) is 0 Å². The first-order chi connectivity index (χ1) is 9.78. The average Bonchev–Trinajstić information content (AvgIpc) is 2.93. The Hall–Kier alpha value is -2.62. The molecular formula is C16H15N3O. The standard InChI is InChI=1S/C16H15N3O/c1-2-11-4-3-5-12(16(11)20)9-17-14-6-7-15-13(8-14)10-18-19-15/h3-10,20H,2H2,1H3,(H,18,19). The van der Waals surface area contributed by atoms with Gasteiger partial charge in [-0.25, -0.2) is 0 Å². The molecule has 0 aliphatic carbocycles. The van der Waals surface area contributed by atoms with Crippen molar-refractivity contribution in [3.63, 3.8) is 0 Å². The SMILES string of the molecule is CCc1cccc(C=Nc2ccc3[nH]ncc3c2)c1O. The molecule has 1 aromatic heterocycles. The maximum Gasteiger partial charge on any atom is 0.127 e. The molecule has 2 N–H and O–H groups in total. The molecule has 0 radical (unpaired) electrons. The maximum absolute atomic E-state index is 10.1. The Morgan fingerprint density at radius 1 is 1.30 bits per heavy atom. The number of hydrogen-bond acceptors (Lipinski definition) is 3. The molecule has 3 aromatic rings. The predicted molar refractivity (Wildman–Crippen MR) is 80.8 cm³/mol. The molecule has 0 spiro atoms. The molecule has 0 saturated carbocycles. The number of nitrogens with one attached hydrogen (secondary N) is 1. The van der Waals surface area contributed by atoms with Crippen LogP contribution < -0.4 is 0 Å². The zero-order valence-electron chi connectivity index (χ0n) is 11.2. The number of rotatable bonds is 3. The van der Waals surface area contributed by atoms with Crippen molar-refractivity contribution in [3.8, 4) is 5.75 Å². The van der Waals surface area contributed by atoms with Gasteiger partial charge in [-0.3, -0.25) is 10.1 Å². The van der Waals surface area contributed by atoms with Gasteiger partial charge in [-0.15, -0.1) is 0 Å². The number of fused-ring (bicyclic) bond motifs is 1. The number of aromatic nitrogens is 2. The lowest BCUT2D eigenvalue weighted by molar-refractivity contribution is 0.468. The summed E-state index contributed by atoms with van der Waals surface area (Å²) in [5.74, 6) is 0.308. The van der Waals surface area contributed by atoms with Crippen molar-refractivity contribution in [2.45, 2.75) is 13.3 Å². The highest BCUT2D eigenvalue weighted by Gasteiger charge is 2.03. The number of aryl methyl sites for hydroxylation is 1. The lowest BCUT2D eigenvalue weighted by atomic mass is 10.1. The quantitative estimate of drug-likeness (QED) is 0.711. The van der Waals surface area contributed by atoms with Crippen molar-refractivity contribution >= 4 is 22.8 Å². The second kappa shape index (κ2) is 5.17. The lowest BCUT2D eigenvalue weighted by Crippen LogP contribution is -1.87. The number of hydrogen-bond donors (Lipinski definition) is 2. The van der Waals surface area contributed by atoms with Crippen LogP contribution >= 0.6 is 0 Å². The molecule has 0 unspecified atom stereocenters. The number of para-hydroxylation sites is 1. The molecule has 0 bridgehead atoms. The molecule has 1 heterocycles. The van der Waals surface area contributed by atoms with Crippen molar-refractivity contribution in [2.75, 3.05) is 0 Å². The van der Waals surface area contributed by atoms with E-state index in [2.05, 4.69) is 15.2 Å². The number of phenols is 1. The highest BCUT2D eigenvalue weighted by atomic mass is 16.3. The summed E-state index contributed by atoms with van der Waals surface area (Å²) in [5, 5.41) is 18.0. The van der Waals surface area contributed by atoms with E-state index >= 15 is 0 Å². The molecule has 0 saturated heterocycles. The second-order valence-corrected chi connectivity index (χ2v) is 4.61. The number of H-pyrrole nitrogens is 1. The van der Waals surface area contributed by atoms with E-state index in [4.69, 9.17) is 0 Å². The molecular weight excluding hydrogens is 250 g/mol. The van der Waals surface area contributed by atoms with Crippen molar-refractivity contribution in [1.82, 2.24) is 10.2 Å². The normalized spacial score (nSPS) is 11.4. The smallest absolute Gasteiger partial charge is 0.127 e. The van der Waals surface area contributed by atoms with E-state index in [9.17, 15) is 5.11 Å². The van der Waals surface area contributed by atoms with Crippen molar-refractivity contribution in [3.05, 3.63) is 53.7 Å². The van der Waals surface area contributed by atoms with Gasteiger partial charge in [0.15, 0.2) is 0 Å². The molecule has 0 atom stereocenters. The summed E-state index contributed by atoms with van der Waals surface area (Å²) in [5.41, 5.74) is 3.48. The van der Waals surface area contributed by atoms with Gasteiger partial charge >= 0.3 is 0 Å². The van der Waals surface area contributed by atoms with E-state index in [1.165, 1.54) is 0 Å². The Kier molecular flexibility index (Phi) is 3.21. The van der Waals surface area contributed by atoms with Crippen LogP contribution in [0.15, 0.2) is 47.6 Å². The molecule has 0 amide bonds. The fourth-order valence-electron chi connectivity index (χ4n) is 2.16. The molecule has 0 fully saturated rings. The Balaban J connectivity index is 1.93. The Morgan fingerprint density at radius 2 is 2.20 bits per heavy atom. The van der Waals surface area contributed by atoms with Gasteiger partial charge in [0.1, 0.15) is 5.75 Å². The summed E-state index contributed by atoms with van der Waals surface area (Å²) in [6, 6.07) is 11.5. The Morgan fingerprint density at radius 3 is 3.05 bits per heavy atom. The first-order valence-electron chi connectivity index (χ1n) is 6.56. The Bertz CT molecular complexity index is 774. The van der Waals surface area contributed by atoms with E-state index in [0.717, 1.165) is 34.1 Å². The van der Waals surface area contributed by atoms with E-state index in [1.807, 2.05) is 43.3 Å². The lowest BCUT2D eigenvalue weighted by Gasteiger charge is -2.04. The van der Waals surface area contributed by atoms with Gasteiger partial charge in [0, 0.05) is 17.2 Å². The van der Waals surface area contributed by atoms with Crippen molar-refractivity contribution in [2.24, 2.45) is 4.99 Å². The first kappa shape index (κ1) is 12.4. The van der Waals surface area contributed by atoms with E-state index in [1.54, 1.807) is 12.4 Å². The van der Waals surface area contributed by atoms with Gasteiger partial charge in [-0.1, -0.05) is 19.1 Å². The molecule has 0 aliphatic heterocycles. The van der Waals surface area contributed by atoms with Crippen LogP contribution in [0.3, 0.4) is 0 Å². The van der Waals surface area contributed by atoms with Crippen LogP contribution in [0.25, 0.3) is 10.9 Å². The minimum atomic E-state index is 0.308. The summed E-state index contributed by atoms with van der Waals surface area (Å²) < 4.78 is 0. The van der Waals surface area contributed by atoms with Crippen LogP contribution in [-0.2, 0) is 6.42 Å². The number of phenolic OH excluding ortho intramolecular Hbond substituents is 1. The van der Waals surface area contributed by atoms with Crippen molar-refractivity contribution in [1.29, 1.82) is 0 Å². The highest BCUT2D eigenvalue weighted by Crippen LogP contribution is 2.23. The number of aromatic hydroxyl groups is 1. The average molecular weight is 265 g/mol. The van der Waals surface area contributed by atoms with Gasteiger partial charge in [0.05, 0.1) is 17.4 Å². The van der Waals surface area contributed by atoms with Crippen LogP contribution in [0.5, 0.6) is 5.75 Å². The summed E-state index contributed by atoms with van der Waals surface area (Å²) in [7, 11) is 0. The highest BCUT2D eigenvalue weighted by molar-refractivity contribution is 5.88. The van der Waals surface area contributed by atoms with E-state index < -0.39 is 0 Å². The Labute approximate surface area is 116 Å². The predicted octanol–water partition coefficient (Wildman–Crippen LogP) is 3.58. The minimum absolute atomic E-state index is 0.308. The number of benzene rings is 2. The first-order valence-corrected chi connectivity index (χ1v) is 6.56. The summed E-state index contributed by atoms with van der Waals surface area (Å²) in [6.07, 6.45) is 4.26. The molecule has 100 valence electrons. The molecule has 0 aliphatic rings. The summed E-state index contributed by atoms with van der Waals surface area (Å²) in [4.78, 5) is 4.42. The van der Waals surface area contributed by atoms with E-state index in [0.29, 0.717) is 5.75 Å². The molecule has 4 heteroatoms. The second-order valence-electron chi connectivity index (χ2n) is 4.61. The topological polar surface area (TPSA) is 61.3 Å². The van der Waals surface area contributed by atoms with Crippen LogP contribution in [0.2, 0.25) is 0 Å². The van der Waals surface area contributed by atoms with Gasteiger partial charge in [-0.05, 0) is 36.2 Å². The molecule has 3 rings (SSSR count). The van der Waals surface area contributed by atoms with Gasteiger partial charge in [0.25, 0.3) is 0 Å². The van der Waals surface area contributed by atoms with Gasteiger partial charge in [0.2, 0.25) is 0 Å². The van der Waals surface area contributed by atoms with Gasteiger partial charge in [-0.2, -0.15) is 5.10 Å². The number of aromatic amines is 1. The third kappa shape index (κ3) is 2.28. The molecule has 4 nitrogen and oxygen atoms in total. The van der Waals surface area contributed by atoms with Gasteiger partial charge < -0.3 is 5.11 Å². The molecule has 20 heavy (non-hydrogen) atoms. The summed E-state index contributed by atoms with van der Waals surface area (Å²) >= 11 is 0. The maximum atomic E-state index is 10.1. The fraction of sp³-hybridized carbons (Fsp3) is 0.125. The number of aliphatic imine (C=N–C) groups is 1. The van der Waals surface area contributed by atoms with Crippen molar-refractivity contribution < 1.29 is 5.11 Å². The fourth-order valence-corrected chi connectivity index (χ4v) is 2.16. The minimum Gasteiger partial charge on any atom is -0.507 e. The zero-order chi connectivity index (χ0) is 13.9.